The molecule has 2 unspecified atom stereocenters. The molecular weight excluding hydrogens is 228 g/mol. The molecule has 0 bridgehead atoms. The lowest BCUT2D eigenvalue weighted by Gasteiger charge is -2.31. The monoisotopic (exact) mass is 248 g/mol. The molecule has 3 nitrogen and oxygen atoms in total. The maximum Gasteiger partial charge on any atom is 0.338 e. The molecule has 0 radical (unpaired) electrons. The Labute approximate surface area is 108 Å². The average Bonchev–Trinajstić information content (AvgIpc) is 2.69. The first-order valence-electron chi connectivity index (χ1n) is 6.60. The van der Waals surface area contributed by atoms with E-state index in [-0.39, 0.29) is 17.3 Å². The highest BCUT2D eigenvalue weighted by Gasteiger charge is 2.47. The lowest BCUT2D eigenvalue weighted by molar-refractivity contribution is -0.135. The highest BCUT2D eigenvalue weighted by molar-refractivity contribution is 5.95. The Kier molecular flexibility index (Phi) is 2.31. The van der Waals surface area contributed by atoms with E-state index in [2.05, 4.69) is 13.8 Å². The Hall–Kier alpha value is -1.09. The maximum atomic E-state index is 11.7. The summed E-state index contributed by atoms with van der Waals surface area (Å²) in [5, 5.41) is 10.7. The van der Waals surface area contributed by atoms with Gasteiger partial charge in [-0.2, -0.15) is 0 Å². The number of cyclic esters (lactones) is 1. The van der Waals surface area contributed by atoms with Crippen LogP contribution in [0.1, 0.15) is 40.0 Å². The van der Waals surface area contributed by atoms with E-state index in [1.165, 1.54) is 5.57 Å². The highest BCUT2D eigenvalue weighted by Crippen LogP contribution is 2.52. The van der Waals surface area contributed by atoms with E-state index >= 15 is 0 Å². The van der Waals surface area contributed by atoms with Gasteiger partial charge in [0.2, 0.25) is 0 Å². The van der Waals surface area contributed by atoms with Gasteiger partial charge >= 0.3 is 5.97 Å². The topological polar surface area (TPSA) is 46.5 Å². The van der Waals surface area contributed by atoms with Gasteiger partial charge in [0.25, 0.3) is 0 Å². The number of hydrogen-bond acceptors (Lipinski definition) is 3. The van der Waals surface area contributed by atoms with Gasteiger partial charge in [-0.3, -0.25) is 0 Å². The first-order valence-corrected chi connectivity index (χ1v) is 6.60. The zero-order valence-corrected chi connectivity index (χ0v) is 11.2. The predicted octanol–water partition coefficient (Wildman–Crippen LogP) is 2.36. The Morgan fingerprint density at radius 1 is 1.33 bits per heavy atom. The quantitative estimate of drug-likeness (QED) is 0.669. The summed E-state index contributed by atoms with van der Waals surface area (Å²) < 4.78 is 5.08. The molecule has 1 heterocycles. The normalized spacial score (nSPS) is 37.9. The molecule has 1 fully saturated rings. The molecule has 0 amide bonds. The number of ether oxygens (including phenoxy) is 1. The van der Waals surface area contributed by atoms with E-state index in [9.17, 15) is 9.90 Å². The fourth-order valence-corrected chi connectivity index (χ4v) is 3.70. The molecule has 0 saturated heterocycles. The van der Waals surface area contributed by atoms with Crippen molar-refractivity contribution in [1.82, 2.24) is 0 Å². The van der Waals surface area contributed by atoms with Crippen molar-refractivity contribution in [2.24, 2.45) is 11.3 Å². The Morgan fingerprint density at radius 3 is 2.78 bits per heavy atom. The van der Waals surface area contributed by atoms with Crippen LogP contribution in [0.5, 0.6) is 0 Å². The van der Waals surface area contributed by atoms with E-state index in [0.717, 1.165) is 18.4 Å². The fourth-order valence-electron chi connectivity index (χ4n) is 3.70. The van der Waals surface area contributed by atoms with Crippen molar-refractivity contribution in [3.8, 4) is 0 Å². The Bertz CT molecular complexity index is 480. The molecule has 2 atom stereocenters. The van der Waals surface area contributed by atoms with Crippen LogP contribution in [0.15, 0.2) is 22.8 Å². The second-order valence-electron chi connectivity index (χ2n) is 6.94. The average molecular weight is 248 g/mol. The van der Waals surface area contributed by atoms with Crippen LogP contribution in [0.25, 0.3) is 0 Å². The van der Waals surface area contributed by atoms with Crippen molar-refractivity contribution < 1.29 is 14.6 Å². The van der Waals surface area contributed by atoms with Gasteiger partial charge in [0.1, 0.15) is 6.61 Å². The van der Waals surface area contributed by atoms with Crippen LogP contribution in [0.4, 0.5) is 0 Å². The summed E-state index contributed by atoms with van der Waals surface area (Å²) in [6.45, 7) is 6.69. The van der Waals surface area contributed by atoms with E-state index in [0.29, 0.717) is 18.6 Å². The minimum atomic E-state index is -0.759. The fraction of sp³-hybridized carbons (Fsp3) is 0.667. The molecule has 2 aliphatic carbocycles. The number of fused-ring (bicyclic) bond motifs is 1. The van der Waals surface area contributed by atoms with E-state index in [4.69, 9.17) is 4.74 Å². The lowest BCUT2D eigenvalue weighted by Crippen LogP contribution is -2.34. The van der Waals surface area contributed by atoms with Crippen LogP contribution in [0, 0.1) is 11.3 Å². The zero-order chi connectivity index (χ0) is 13.1. The summed E-state index contributed by atoms with van der Waals surface area (Å²) in [5.41, 5.74) is 2.33. The number of carbonyl (C=O) groups is 1. The standard InChI is InChI=1S/C15H20O3/c1-14(2)5-9-4-11-10(8-18-13(11)16)6-15(3,17)12(9)7-14/h4,12,17H,5-8H2,1-3H3. The van der Waals surface area contributed by atoms with Crippen LogP contribution < -0.4 is 0 Å². The Morgan fingerprint density at radius 2 is 2.06 bits per heavy atom. The molecule has 0 aromatic heterocycles. The summed E-state index contributed by atoms with van der Waals surface area (Å²) in [7, 11) is 0. The van der Waals surface area contributed by atoms with Gasteiger partial charge in [-0.15, -0.1) is 0 Å². The number of aliphatic hydroxyl groups is 1. The number of hydrogen-bond donors (Lipinski definition) is 1. The summed E-state index contributed by atoms with van der Waals surface area (Å²) >= 11 is 0. The number of carbonyl (C=O) groups excluding carboxylic acids is 1. The van der Waals surface area contributed by atoms with Gasteiger partial charge < -0.3 is 9.84 Å². The molecule has 0 aromatic rings. The van der Waals surface area contributed by atoms with Gasteiger partial charge in [0, 0.05) is 12.3 Å². The highest BCUT2D eigenvalue weighted by atomic mass is 16.5. The second kappa shape index (κ2) is 3.47. The maximum absolute atomic E-state index is 11.7. The first-order chi connectivity index (χ1) is 8.28. The molecule has 1 aliphatic heterocycles. The van der Waals surface area contributed by atoms with Gasteiger partial charge in [-0.25, -0.2) is 4.79 Å². The molecule has 3 rings (SSSR count). The third-order valence-electron chi connectivity index (χ3n) is 4.52. The molecule has 3 heteroatoms. The summed E-state index contributed by atoms with van der Waals surface area (Å²) in [4.78, 5) is 11.7. The molecule has 1 N–H and O–H groups in total. The molecule has 1 saturated carbocycles. The summed E-state index contributed by atoms with van der Waals surface area (Å²) in [6, 6.07) is 0. The second-order valence-corrected chi connectivity index (χ2v) is 6.94. The largest absolute Gasteiger partial charge is 0.458 e. The van der Waals surface area contributed by atoms with Crippen molar-refractivity contribution in [3.63, 3.8) is 0 Å². The molecular formula is C15H20O3. The van der Waals surface area contributed by atoms with Gasteiger partial charge in [0.15, 0.2) is 0 Å². The van der Waals surface area contributed by atoms with Gasteiger partial charge in [-0.05, 0) is 36.8 Å². The van der Waals surface area contributed by atoms with Crippen molar-refractivity contribution >= 4 is 5.97 Å². The van der Waals surface area contributed by atoms with Gasteiger partial charge in [-0.1, -0.05) is 19.4 Å². The molecule has 18 heavy (non-hydrogen) atoms. The first kappa shape index (κ1) is 12.0. The minimum absolute atomic E-state index is 0.172. The SMILES string of the molecule is CC1(C)CC2=CC3=C(COC3=O)CC(C)(O)C2C1. The molecule has 3 aliphatic rings. The number of esters is 1. The van der Waals surface area contributed by atoms with Crippen molar-refractivity contribution in [2.45, 2.75) is 45.6 Å². The minimum Gasteiger partial charge on any atom is -0.458 e. The smallest absolute Gasteiger partial charge is 0.338 e. The summed E-state index contributed by atoms with van der Waals surface area (Å²) in [6.07, 6.45) is 4.49. The van der Waals surface area contributed by atoms with Crippen LogP contribution in [-0.4, -0.2) is 23.3 Å². The van der Waals surface area contributed by atoms with E-state index in [1.807, 2.05) is 13.0 Å². The third-order valence-corrected chi connectivity index (χ3v) is 4.52. The van der Waals surface area contributed by atoms with Crippen LogP contribution in [0.3, 0.4) is 0 Å². The predicted molar refractivity (Wildman–Crippen MR) is 67.8 cm³/mol. The van der Waals surface area contributed by atoms with Crippen LogP contribution in [-0.2, 0) is 9.53 Å². The van der Waals surface area contributed by atoms with Crippen molar-refractivity contribution in [3.05, 3.63) is 22.8 Å². The molecule has 0 aromatic carbocycles. The zero-order valence-electron chi connectivity index (χ0n) is 11.2. The number of rotatable bonds is 0. The van der Waals surface area contributed by atoms with Crippen LogP contribution in [0.2, 0.25) is 0 Å². The lowest BCUT2D eigenvalue weighted by atomic mass is 9.80. The molecule has 0 spiro atoms. The molecule has 98 valence electrons. The van der Waals surface area contributed by atoms with Crippen molar-refractivity contribution in [2.75, 3.05) is 6.61 Å². The third kappa shape index (κ3) is 1.72. The summed E-state index contributed by atoms with van der Waals surface area (Å²) in [5.74, 6) is -0.0513. The van der Waals surface area contributed by atoms with E-state index in [1.54, 1.807) is 0 Å². The van der Waals surface area contributed by atoms with E-state index < -0.39 is 5.60 Å². The van der Waals surface area contributed by atoms with Crippen molar-refractivity contribution in [1.29, 1.82) is 0 Å². The van der Waals surface area contributed by atoms with Crippen LogP contribution >= 0.6 is 0 Å². The Balaban J connectivity index is 2.08. The van der Waals surface area contributed by atoms with Gasteiger partial charge in [0.05, 0.1) is 11.2 Å².